The number of hydrogen-bond acceptors (Lipinski definition) is 7. The molecule has 0 aliphatic carbocycles. The summed E-state index contributed by atoms with van der Waals surface area (Å²) in [5, 5.41) is 9.75. The molecule has 2 aliphatic heterocycles. The van der Waals surface area contributed by atoms with Crippen LogP contribution < -0.4 is 4.90 Å². The van der Waals surface area contributed by atoms with Gasteiger partial charge in [-0.3, -0.25) is 14.3 Å². The Kier molecular flexibility index (Phi) is 7.66. The second kappa shape index (κ2) is 11.2. The number of carbonyl (C=O) groups is 1. The second-order valence-corrected chi connectivity index (χ2v) is 9.93. The fraction of sp³-hybridized carbons (Fsp3) is 0.423. The van der Waals surface area contributed by atoms with Crippen molar-refractivity contribution in [2.24, 2.45) is 0 Å². The van der Waals surface area contributed by atoms with Gasteiger partial charge in [0.2, 0.25) is 11.9 Å². The highest BCUT2D eigenvalue weighted by Gasteiger charge is 2.25. The molecule has 0 N–H and O–H groups in total. The van der Waals surface area contributed by atoms with Crippen molar-refractivity contribution in [1.29, 1.82) is 0 Å². The van der Waals surface area contributed by atoms with Crippen LogP contribution in [0.4, 0.5) is 5.95 Å². The number of nitrogens with zero attached hydrogens (tertiary/aromatic N) is 6. The van der Waals surface area contributed by atoms with Gasteiger partial charge in [-0.05, 0) is 30.2 Å². The number of piperazine rings is 1. The lowest BCUT2D eigenvalue weighted by Crippen LogP contribution is -2.48. The first-order valence-corrected chi connectivity index (χ1v) is 13.2. The van der Waals surface area contributed by atoms with Gasteiger partial charge in [-0.15, -0.1) is 10.2 Å². The first-order chi connectivity index (χ1) is 17.2. The zero-order valence-electron chi connectivity index (χ0n) is 20.2. The molecule has 0 unspecified atom stereocenters. The average molecular weight is 493 g/mol. The number of aryl methyl sites for hydroxylation is 1. The van der Waals surface area contributed by atoms with Crippen molar-refractivity contribution < 1.29 is 9.53 Å². The predicted molar refractivity (Wildman–Crippen MR) is 138 cm³/mol. The molecular formula is C26H32N6O2S. The van der Waals surface area contributed by atoms with E-state index in [0.29, 0.717) is 19.0 Å². The van der Waals surface area contributed by atoms with Gasteiger partial charge in [-0.25, -0.2) is 0 Å². The summed E-state index contributed by atoms with van der Waals surface area (Å²) >= 11 is 1.46. The molecule has 1 aromatic heterocycles. The standard InChI is InChI=1S/C26H32N6O2S/c1-21-6-5-9-23(18-21)32-25(31-14-16-34-17-15-31)27-28-26(32)35-20-24(33)30-12-10-29(11-13-30)19-22-7-3-2-4-8-22/h2-9,18H,10-17,19-20H2,1H3. The number of rotatable bonds is 7. The molecule has 0 bridgehead atoms. The fourth-order valence-electron chi connectivity index (χ4n) is 4.53. The molecule has 0 saturated carbocycles. The largest absolute Gasteiger partial charge is 0.378 e. The number of hydrogen-bond donors (Lipinski definition) is 0. The molecule has 2 aliphatic rings. The van der Waals surface area contributed by atoms with Gasteiger partial charge in [0.05, 0.1) is 24.7 Å². The van der Waals surface area contributed by atoms with E-state index in [1.54, 1.807) is 0 Å². The van der Waals surface area contributed by atoms with Gasteiger partial charge in [0, 0.05) is 45.8 Å². The molecule has 8 nitrogen and oxygen atoms in total. The van der Waals surface area contributed by atoms with E-state index in [9.17, 15) is 4.79 Å². The van der Waals surface area contributed by atoms with Crippen LogP contribution in [-0.2, 0) is 16.1 Å². The van der Waals surface area contributed by atoms with Gasteiger partial charge in [0.1, 0.15) is 0 Å². The molecular weight excluding hydrogens is 460 g/mol. The minimum Gasteiger partial charge on any atom is -0.378 e. The van der Waals surface area contributed by atoms with E-state index in [-0.39, 0.29) is 5.91 Å². The van der Waals surface area contributed by atoms with Crippen LogP contribution in [0, 0.1) is 6.92 Å². The Morgan fingerprint density at radius 2 is 1.71 bits per heavy atom. The molecule has 1 amide bonds. The van der Waals surface area contributed by atoms with Crippen molar-refractivity contribution >= 4 is 23.6 Å². The number of thioether (sulfide) groups is 1. The smallest absolute Gasteiger partial charge is 0.233 e. The Balaban J connectivity index is 1.23. The van der Waals surface area contributed by atoms with Crippen LogP contribution in [0.5, 0.6) is 0 Å². The van der Waals surface area contributed by atoms with Crippen LogP contribution in [0.25, 0.3) is 5.69 Å². The summed E-state index contributed by atoms with van der Waals surface area (Å²) in [6.07, 6.45) is 0. The first-order valence-electron chi connectivity index (χ1n) is 12.2. The lowest BCUT2D eigenvalue weighted by Gasteiger charge is -2.34. The van der Waals surface area contributed by atoms with Gasteiger partial charge in [-0.1, -0.05) is 54.2 Å². The van der Waals surface area contributed by atoms with Crippen LogP contribution >= 0.6 is 11.8 Å². The third kappa shape index (κ3) is 5.86. The Labute approximate surface area is 210 Å². The summed E-state index contributed by atoms with van der Waals surface area (Å²) in [6, 6.07) is 18.8. The quantitative estimate of drug-likeness (QED) is 0.470. The molecule has 0 radical (unpaired) electrons. The molecule has 2 saturated heterocycles. The molecule has 2 fully saturated rings. The summed E-state index contributed by atoms with van der Waals surface area (Å²) in [6.45, 7) is 9.23. The van der Waals surface area contributed by atoms with Crippen LogP contribution in [0.15, 0.2) is 59.8 Å². The van der Waals surface area contributed by atoms with Gasteiger partial charge < -0.3 is 14.5 Å². The van der Waals surface area contributed by atoms with Crippen molar-refractivity contribution in [3.63, 3.8) is 0 Å². The lowest BCUT2D eigenvalue weighted by atomic mass is 10.2. The van der Waals surface area contributed by atoms with Gasteiger partial charge >= 0.3 is 0 Å². The molecule has 0 spiro atoms. The van der Waals surface area contributed by atoms with Crippen LogP contribution in [0.1, 0.15) is 11.1 Å². The molecule has 0 atom stereocenters. The van der Waals surface area contributed by atoms with Crippen molar-refractivity contribution in [2.75, 3.05) is 63.1 Å². The van der Waals surface area contributed by atoms with Crippen LogP contribution in [-0.4, -0.2) is 88.7 Å². The molecule has 184 valence electrons. The fourth-order valence-corrected chi connectivity index (χ4v) is 5.38. The van der Waals surface area contributed by atoms with Gasteiger partial charge in [-0.2, -0.15) is 0 Å². The highest BCUT2D eigenvalue weighted by Crippen LogP contribution is 2.28. The van der Waals surface area contributed by atoms with Crippen LogP contribution in [0.2, 0.25) is 0 Å². The average Bonchev–Trinajstić information content (AvgIpc) is 3.33. The first kappa shape index (κ1) is 23.8. The van der Waals surface area contributed by atoms with E-state index in [2.05, 4.69) is 74.0 Å². The van der Waals surface area contributed by atoms with E-state index in [1.807, 2.05) is 17.0 Å². The number of ether oxygens (including phenoxy) is 1. The van der Waals surface area contributed by atoms with Crippen molar-refractivity contribution in [1.82, 2.24) is 24.6 Å². The second-order valence-electron chi connectivity index (χ2n) is 8.99. The Morgan fingerprint density at radius 1 is 0.943 bits per heavy atom. The Bertz CT molecular complexity index is 1120. The van der Waals surface area contributed by atoms with E-state index in [4.69, 9.17) is 4.74 Å². The molecule has 2 aromatic carbocycles. The minimum atomic E-state index is 0.154. The zero-order chi connectivity index (χ0) is 24.0. The number of morpholine rings is 1. The number of benzene rings is 2. The summed E-state index contributed by atoms with van der Waals surface area (Å²) in [7, 11) is 0. The zero-order valence-corrected chi connectivity index (χ0v) is 21.0. The van der Waals surface area contributed by atoms with Crippen LogP contribution in [0.3, 0.4) is 0 Å². The van der Waals surface area contributed by atoms with Crippen molar-refractivity contribution in [2.45, 2.75) is 18.6 Å². The van der Waals surface area contributed by atoms with E-state index in [1.165, 1.54) is 22.9 Å². The minimum absolute atomic E-state index is 0.154. The van der Waals surface area contributed by atoms with Crippen molar-refractivity contribution in [3.8, 4) is 5.69 Å². The van der Waals surface area contributed by atoms with E-state index < -0.39 is 0 Å². The Hall–Kier alpha value is -2.88. The normalized spacial score (nSPS) is 17.1. The third-order valence-corrected chi connectivity index (χ3v) is 7.38. The lowest BCUT2D eigenvalue weighted by molar-refractivity contribution is -0.130. The van der Waals surface area contributed by atoms with Gasteiger partial charge in [0.15, 0.2) is 5.16 Å². The van der Waals surface area contributed by atoms with E-state index in [0.717, 1.165) is 62.6 Å². The maximum atomic E-state index is 13.0. The Morgan fingerprint density at radius 3 is 2.46 bits per heavy atom. The summed E-state index contributed by atoms with van der Waals surface area (Å²) < 4.78 is 7.60. The van der Waals surface area contributed by atoms with Gasteiger partial charge in [0.25, 0.3) is 0 Å². The summed E-state index contributed by atoms with van der Waals surface area (Å²) in [5.74, 6) is 1.32. The number of anilines is 1. The molecule has 5 rings (SSSR count). The summed E-state index contributed by atoms with van der Waals surface area (Å²) in [5.41, 5.74) is 3.50. The molecule has 35 heavy (non-hydrogen) atoms. The monoisotopic (exact) mass is 492 g/mol. The summed E-state index contributed by atoms with van der Waals surface area (Å²) in [4.78, 5) is 19.6. The third-order valence-electron chi connectivity index (χ3n) is 6.47. The number of amides is 1. The maximum absolute atomic E-state index is 13.0. The van der Waals surface area contributed by atoms with Crippen molar-refractivity contribution in [3.05, 3.63) is 65.7 Å². The van der Waals surface area contributed by atoms with E-state index >= 15 is 0 Å². The molecule has 3 aromatic rings. The SMILES string of the molecule is Cc1cccc(-n2c(SCC(=O)N3CCN(Cc4ccccc4)CC3)nnc2N2CCOCC2)c1. The molecule has 3 heterocycles. The number of aromatic nitrogens is 3. The highest BCUT2D eigenvalue weighted by molar-refractivity contribution is 7.99. The number of carbonyl (C=O) groups excluding carboxylic acids is 1. The molecule has 9 heteroatoms. The maximum Gasteiger partial charge on any atom is 0.233 e. The highest BCUT2D eigenvalue weighted by atomic mass is 32.2. The predicted octanol–water partition coefficient (Wildman–Crippen LogP) is 2.85. The topological polar surface area (TPSA) is 66.7 Å².